The zero-order valence-electron chi connectivity index (χ0n) is 9.42. The molecule has 1 aliphatic heterocycles. The van der Waals surface area contributed by atoms with Crippen molar-refractivity contribution in [1.29, 1.82) is 0 Å². The molecule has 16 heavy (non-hydrogen) atoms. The summed E-state index contributed by atoms with van der Waals surface area (Å²) in [5.41, 5.74) is 2.89. The van der Waals surface area contributed by atoms with E-state index in [1.165, 1.54) is 15.6 Å². The zero-order chi connectivity index (χ0) is 11.3. The summed E-state index contributed by atoms with van der Waals surface area (Å²) < 4.78 is 1.19. The van der Waals surface area contributed by atoms with Crippen LogP contribution < -0.4 is 10.4 Å². The minimum absolute atomic E-state index is 1.19. The fraction of sp³-hybridized carbons (Fsp3) is 0.143. The van der Waals surface area contributed by atoms with Gasteiger partial charge < -0.3 is 0 Å². The molecule has 81 valence electrons. The van der Waals surface area contributed by atoms with Crippen LogP contribution in [0.2, 0.25) is 13.1 Å². The Bertz CT molecular complexity index is 573. The maximum atomic E-state index is 3.58. The second kappa shape index (κ2) is 3.31. The van der Waals surface area contributed by atoms with Crippen molar-refractivity contribution in [3.05, 3.63) is 46.9 Å². The van der Waals surface area contributed by atoms with E-state index in [9.17, 15) is 0 Å². The molecule has 0 atom stereocenters. The Hall–Kier alpha value is -0.863. The number of fused-ring (bicyclic) bond motifs is 3. The fourth-order valence-electron chi connectivity index (χ4n) is 2.68. The maximum Gasteiger partial charge on any atom is 0.0147 e. The normalized spacial score (nSPS) is 15.7. The van der Waals surface area contributed by atoms with Crippen molar-refractivity contribution in [2.75, 3.05) is 0 Å². The lowest BCUT2D eigenvalue weighted by Gasteiger charge is -2.31. The molecule has 1 heterocycles. The summed E-state index contributed by atoms with van der Waals surface area (Å²) in [7, 11) is -1.44. The molecule has 0 saturated carbocycles. The third-order valence-electron chi connectivity index (χ3n) is 3.55. The molecule has 1 aliphatic rings. The summed E-state index contributed by atoms with van der Waals surface area (Å²) >= 11 is 3.58. The molecular formula is C14H13BrSi-. The van der Waals surface area contributed by atoms with E-state index in [0.29, 0.717) is 0 Å². The van der Waals surface area contributed by atoms with Gasteiger partial charge >= 0.3 is 0 Å². The molecule has 0 spiro atoms. The van der Waals surface area contributed by atoms with Gasteiger partial charge in [0.2, 0.25) is 0 Å². The van der Waals surface area contributed by atoms with Crippen LogP contribution in [0.25, 0.3) is 11.1 Å². The summed E-state index contributed by atoms with van der Waals surface area (Å²) in [5.74, 6) is 0. The van der Waals surface area contributed by atoms with Gasteiger partial charge in [-0.3, -0.25) is 0 Å². The van der Waals surface area contributed by atoms with Gasteiger partial charge in [0, 0.05) is 4.47 Å². The van der Waals surface area contributed by atoms with Gasteiger partial charge in [0.1, 0.15) is 0 Å². The van der Waals surface area contributed by atoms with Crippen LogP contribution in [0.15, 0.2) is 46.9 Å². The average molecular weight is 289 g/mol. The third-order valence-corrected chi connectivity index (χ3v) is 7.58. The molecule has 0 saturated heterocycles. The first-order valence-corrected chi connectivity index (χ1v) is 9.30. The Morgan fingerprint density at radius 3 is 2.38 bits per heavy atom. The smallest absolute Gasteiger partial charge is 0.0147 e. The zero-order valence-corrected chi connectivity index (χ0v) is 12.0. The highest BCUT2D eigenvalue weighted by Crippen LogP contribution is 2.29. The minimum atomic E-state index is -1.44. The van der Waals surface area contributed by atoms with Crippen LogP contribution in [0.1, 0.15) is 0 Å². The predicted molar refractivity (Wildman–Crippen MR) is 76.3 cm³/mol. The molecule has 2 aromatic carbocycles. The molecule has 3 rings (SSSR count). The first kappa shape index (κ1) is 10.3. The van der Waals surface area contributed by atoms with Crippen molar-refractivity contribution < 1.29 is 0 Å². The van der Waals surface area contributed by atoms with E-state index >= 15 is 0 Å². The van der Waals surface area contributed by atoms with Gasteiger partial charge in [-0.25, -0.2) is 0 Å². The highest BCUT2D eigenvalue weighted by atomic mass is 79.9. The highest BCUT2D eigenvalue weighted by molar-refractivity contribution is 9.10. The molecule has 0 fully saturated rings. The van der Waals surface area contributed by atoms with Gasteiger partial charge in [0.05, 0.1) is 0 Å². The standard InChI is InChI=1S/C14H13BrSi/c1-16(2)13-6-4-3-5-11(13)12-8-7-10(15)9-14(12)16/h3-9H,1-2H3/q-1. The molecule has 2 heteroatoms. The minimum Gasteiger partial charge on any atom is -0.173 e. The van der Waals surface area contributed by atoms with Crippen molar-refractivity contribution in [3.63, 3.8) is 0 Å². The van der Waals surface area contributed by atoms with Crippen LogP contribution in [0.5, 0.6) is 0 Å². The maximum absolute atomic E-state index is 3.58. The third kappa shape index (κ3) is 1.26. The van der Waals surface area contributed by atoms with E-state index in [4.69, 9.17) is 0 Å². The topological polar surface area (TPSA) is 0 Å². The second-order valence-electron chi connectivity index (χ2n) is 4.86. The van der Waals surface area contributed by atoms with Crippen molar-refractivity contribution in [1.82, 2.24) is 0 Å². The van der Waals surface area contributed by atoms with Crippen LogP contribution in [0.3, 0.4) is 0 Å². The van der Waals surface area contributed by atoms with Gasteiger partial charge in [-0.05, 0) is 6.07 Å². The Morgan fingerprint density at radius 1 is 0.875 bits per heavy atom. The monoisotopic (exact) mass is 288 g/mol. The summed E-state index contributed by atoms with van der Waals surface area (Å²) in [5, 5.41) is 3.13. The SMILES string of the molecule is C[Si-]1(C)c2ccccc2-c2ccc(Br)cc21. The van der Waals surface area contributed by atoms with Crippen LogP contribution in [0.4, 0.5) is 0 Å². The van der Waals surface area contributed by atoms with E-state index in [1.807, 2.05) is 0 Å². The Kier molecular flexibility index (Phi) is 2.13. The molecule has 0 N–H and O–H groups in total. The number of halogens is 1. The molecule has 0 bridgehead atoms. The van der Waals surface area contributed by atoms with E-state index in [-0.39, 0.29) is 0 Å². The largest absolute Gasteiger partial charge is 0.173 e. The number of rotatable bonds is 0. The van der Waals surface area contributed by atoms with Crippen molar-refractivity contribution in [3.8, 4) is 11.1 Å². The average Bonchev–Trinajstić information content (AvgIpc) is 2.49. The quantitative estimate of drug-likeness (QED) is 0.653. The van der Waals surface area contributed by atoms with Gasteiger partial charge in [0.25, 0.3) is 0 Å². The summed E-state index contributed by atoms with van der Waals surface area (Å²) in [6.45, 7) is 4.87. The number of hydrogen-bond acceptors (Lipinski definition) is 0. The molecule has 0 nitrogen and oxygen atoms in total. The van der Waals surface area contributed by atoms with Crippen LogP contribution in [-0.4, -0.2) is 8.07 Å². The van der Waals surface area contributed by atoms with Gasteiger partial charge in [-0.15, -0.1) is 0 Å². The second-order valence-corrected chi connectivity index (χ2v) is 10.1. The first-order valence-electron chi connectivity index (χ1n) is 5.50. The fourth-order valence-corrected chi connectivity index (χ4v) is 6.35. The summed E-state index contributed by atoms with van der Waals surface area (Å²) in [6, 6.07) is 15.6. The lowest BCUT2D eigenvalue weighted by atomic mass is 10.1. The molecular weight excluding hydrogens is 276 g/mol. The summed E-state index contributed by atoms with van der Waals surface area (Å²) in [6.07, 6.45) is 0. The molecule has 0 aromatic heterocycles. The lowest BCUT2D eigenvalue weighted by Crippen LogP contribution is -2.49. The molecule has 0 radical (unpaired) electrons. The van der Waals surface area contributed by atoms with E-state index in [2.05, 4.69) is 71.5 Å². The number of hydrogen-bond donors (Lipinski definition) is 0. The van der Waals surface area contributed by atoms with E-state index in [1.54, 1.807) is 10.4 Å². The van der Waals surface area contributed by atoms with Crippen molar-refractivity contribution in [2.24, 2.45) is 0 Å². The predicted octanol–water partition coefficient (Wildman–Crippen LogP) is 3.25. The van der Waals surface area contributed by atoms with Gasteiger partial charge in [0.15, 0.2) is 0 Å². The van der Waals surface area contributed by atoms with Gasteiger partial charge in [-0.2, -0.15) is 23.5 Å². The molecule has 2 aromatic rings. The van der Waals surface area contributed by atoms with Crippen molar-refractivity contribution in [2.45, 2.75) is 13.1 Å². The molecule has 0 unspecified atom stereocenters. The molecule has 0 amide bonds. The van der Waals surface area contributed by atoms with Crippen LogP contribution in [-0.2, 0) is 0 Å². The van der Waals surface area contributed by atoms with Crippen LogP contribution in [0, 0.1) is 0 Å². The van der Waals surface area contributed by atoms with Crippen molar-refractivity contribution >= 4 is 34.4 Å². The first-order chi connectivity index (χ1) is 7.60. The van der Waals surface area contributed by atoms with E-state index < -0.39 is 8.07 Å². The van der Waals surface area contributed by atoms with Gasteiger partial charge in [-0.1, -0.05) is 71.5 Å². The lowest BCUT2D eigenvalue weighted by molar-refractivity contribution is 1.67. The molecule has 0 aliphatic carbocycles. The highest BCUT2D eigenvalue weighted by Gasteiger charge is 2.25. The van der Waals surface area contributed by atoms with Crippen LogP contribution >= 0.6 is 15.9 Å². The Labute approximate surface area is 105 Å². The summed E-state index contributed by atoms with van der Waals surface area (Å²) in [4.78, 5) is 0. The Morgan fingerprint density at radius 2 is 1.56 bits per heavy atom. The Balaban J connectivity index is 2.39. The van der Waals surface area contributed by atoms with E-state index in [0.717, 1.165) is 0 Å². The number of benzene rings is 2.